The Morgan fingerprint density at radius 1 is 1.03 bits per heavy atom. The number of ether oxygens (including phenoxy) is 1. The first-order chi connectivity index (χ1) is 14.5. The Morgan fingerprint density at radius 2 is 1.73 bits per heavy atom. The molecule has 0 bridgehead atoms. The van der Waals surface area contributed by atoms with Gasteiger partial charge in [-0.05, 0) is 50.2 Å². The highest BCUT2D eigenvalue weighted by Gasteiger charge is 2.35. The van der Waals surface area contributed by atoms with Gasteiger partial charge in [-0.3, -0.25) is 9.59 Å². The molecule has 5 heteroatoms. The number of carbonyl (C=O) groups is 2. The van der Waals surface area contributed by atoms with Gasteiger partial charge in [-0.2, -0.15) is 0 Å². The molecule has 0 N–H and O–H groups in total. The molecule has 1 aliphatic heterocycles. The second-order valence-corrected chi connectivity index (χ2v) is 9.33. The molecule has 0 spiro atoms. The number of fused-ring (bicyclic) bond motifs is 2. The quantitative estimate of drug-likeness (QED) is 0.692. The number of rotatable bonds is 2. The van der Waals surface area contributed by atoms with Gasteiger partial charge in [0.1, 0.15) is 11.9 Å². The van der Waals surface area contributed by atoms with Gasteiger partial charge < -0.3 is 14.5 Å². The molecular weight excluding hydrogens is 376 g/mol. The predicted molar refractivity (Wildman–Crippen MR) is 120 cm³/mol. The molecule has 3 rings (SSSR count). The fourth-order valence-corrected chi connectivity index (χ4v) is 4.71. The molecule has 30 heavy (non-hydrogen) atoms. The minimum atomic E-state index is -0.0583. The monoisotopic (exact) mass is 414 g/mol. The van der Waals surface area contributed by atoms with Crippen LogP contribution in [0.3, 0.4) is 0 Å². The Kier molecular flexibility index (Phi) is 8.17. The first-order valence-electron chi connectivity index (χ1n) is 11.8. The average Bonchev–Trinajstić information content (AvgIpc) is 2.72. The lowest BCUT2D eigenvalue weighted by Gasteiger charge is -2.40. The van der Waals surface area contributed by atoms with Gasteiger partial charge in [-0.25, -0.2) is 0 Å². The second-order valence-electron chi connectivity index (χ2n) is 9.33. The average molecular weight is 415 g/mol. The fraction of sp³-hybridized carbons (Fsp3) is 0.680. The van der Waals surface area contributed by atoms with Crippen molar-refractivity contribution in [2.75, 3.05) is 20.1 Å². The van der Waals surface area contributed by atoms with Crippen LogP contribution in [0.5, 0.6) is 5.75 Å². The van der Waals surface area contributed by atoms with Crippen LogP contribution in [0, 0.1) is 5.92 Å². The SMILES string of the molecule is CC(C)CC(=O)N1CCCCCCN(C)C(=O)c2ccccc2O[C@H]2CCCC[C@H]21. The lowest BCUT2D eigenvalue weighted by molar-refractivity contribution is -0.137. The van der Waals surface area contributed by atoms with E-state index in [4.69, 9.17) is 4.74 Å². The highest BCUT2D eigenvalue weighted by Crippen LogP contribution is 2.31. The normalized spacial score (nSPS) is 23.9. The Morgan fingerprint density at radius 3 is 2.50 bits per heavy atom. The lowest BCUT2D eigenvalue weighted by Crippen LogP contribution is -2.51. The van der Waals surface area contributed by atoms with Crippen molar-refractivity contribution in [2.24, 2.45) is 5.92 Å². The molecule has 5 nitrogen and oxygen atoms in total. The van der Waals surface area contributed by atoms with Crippen molar-refractivity contribution in [2.45, 2.75) is 83.8 Å². The minimum Gasteiger partial charge on any atom is -0.487 e. The highest BCUT2D eigenvalue weighted by molar-refractivity contribution is 5.96. The summed E-state index contributed by atoms with van der Waals surface area (Å²) in [6, 6.07) is 7.68. The lowest BCUT2D eigenvalue weighted by atomic mass is 9.90. The zero-order valence-electron chi connectivity index (χ0n) is 18.9. The van der Waals surface area contributed by atoms with Gasteiger partial charge in [0.25, 0.3) is 5.91 Å². The van der Waals surface area contributed by atoms with Crippen LogP contribution in [-0.4, -0.2) is 53.9 Å². The van der Waals surface area contributed by atoms with E-state index in [9.17, 15) is 9.59 Å². The first-order valence-corrected chi connectivity index (χ1v) is 11.8. The molecule has 1 aliphatic carbocycles. The Balaban J connectivity index is 1.91. The number of para-hydroxylation sites is 1. The van der Waals surface area contributed by atoms with Gasteiger partial charge in [0.05, 0.1) is 11.6 Å². The third-order valence-electron chi connectivity index (χ3n) is 6.36. The molecule has 1 aromatic carbocycles. The molecule has 1 aromatic rings. The maximum atomic E-state index is 13.2. The minimum absolute atomic E-state index is 0.0164. The van der Waals surface area contributed by atoms with E-state index in [2.05, 4.69) is 18.7 Å². The smallest absolute Gasteiger partial charge is 0.257 e. The largest absolute Gasteiger partial charge is 0.487 e. The molecule has 1 heterocycles. The van der Waals surface area contributed by atoms with Crippen molar-refractivity contribution >= 4 is 11.8 Å². The Bertz CT molecular complexity index is 718. The van der Waals surface area contributed by atoms with Crippen LogP contribution >= 0.6 is 0 Å². The predicted octanol–water partition coefficient (Wildman–Crippen LogP) is 4.90. The van der Waals surface area contributed by atoms with E-state index in [0.717, 1.165) is 64.5 Å². The van der Waals surface area contributed by atoms with Crippen LogP contribution in [0.2, 0.25) is 0 Å². The van der Waals surface area contributed by atoms with E-state index in [1.54, 1.807) is 0 Å². The number of hydrogen-bond acceptors (Lipinski definition) is 3. The van der Waals surface area contributed by atoms with E-state index in [1.807, 2.05) is 36.2 Å². The molecule has 0 radical (unpaired) electrons. The maximum absolute atomic E-state index is 13.2. The van der Waals surface area contributed by atoms with Crippen molar-refractivity contribution < 1.29 is 14.3 Å². The fourth-order valence-electron chi connectivity index (χ4n) is 4.71. The molecule has 2 atom stereocenters. The summed E-state index contributed by atoms with van der Waals surface area (Å²) in [5.74, 6) is 1.27. The van der Waals surface area contributed by atoms with Crippen molar-refractivity contribution in [1.82, 2.24) is 9.80 Å². The van der Waals surface area contributed by atoms with Crippen LogP contribution in [0.1, 0.15) is 82.0 Å². The van der Waals surface area contributed by atoms with E-state index >= 15 is 0 Å². The number of amides is 2. The van der Waals surface area contributed by atoms with E-state index in [0.29, 0.717) is 23.7 Å². The third-order valence-corrected chi connectivity index (χ3v) is 6.36. The molecule has 166 valence electrons. The summed E-state index contributed by atoms with van der Waals surface area (Å²) in [6.07, 6.45) is 8.82. The summed E-state index contributed by atoms with van der Waals surface area (Å²) < 4.78 is 6.51. The van der Waals surface area contributed by atoms with Crippen molar-refractivity contribution in [1.29, 1.82) is 0 Å². The van der Waals surface area contributed by atoms with E-state index < -0.39 is 0 Å². The Labute approximate surface area is 181 Å². The summed E-state index contributed by atoms with van der Waals surface area (Å²) >= 11 is 0. The maximum Gasteiger partial charge on any atom is 0.257 e. The van der Waals surface area contributed by atoms with Crippen molar-refractivity contribution in [3.8, 4) is 5.75 Å². The first kappa shape index (κ1) is 22.6. The number of nitrogens with zero attached hydrogens (tertiary/aromatic N) is 2. The van der Waals surface area contributed by atoms with Gasteiger partial charge in [-0.1, -0.05) is 45.2 Å². The van der Waals surface area contributed by atoms with Crippen LogP contribution in [0.4, 0.5) is 0 Å². The topological polar surface area (TPSA) is 49.9 Å². The molecule has 2 aliphatic rings. The molecule has 0 aromatic heterocycles. The number of carbonyl (C=O) groups excluding carboxylic acids is 2. The molecule has 1 fully saturated rings. The number of hydrogen-bond donors (Lipinski definition) is 0. The van der Waals surface area contributed by atoms with Gasteiger partial charge in [0.15, 0.2) is 0 Å². The highest BCUT2D eigenvalue weighted by atomic mass is 16.5. The summed E-state index contributed by atoms with van der Waals surface area (Å²) in [5.41, 5.74) is 0.626. The van der Waals surface area contributed by atoms with Gasteiger partial charge in [-0.15, -0.1) is 0 Å². The molecule has 1 saturated carbocycles. The van der Waals surface area contributed by atoms with Gasteiger partial charge in [0, 0.05) is 26.6 Å². The van der Waals surface area contributed by atoms with Crippen molar-refractivity contribution in [3.63, 3.8) is 0 Å². The van der Waals surface area contributed by atoms with Crippen molar-refractivity contribution in [3.05, 3.63) is 29.8 Å². The third kappa shape index (κ3) is 5.77. The van der Waals surface area contributed by atoms with Crippen LogP contribution in [-0.2, 0) is 4.79 Å². The summed E-state index contributed by atoms with van der Waals surface area (Å²) in [4.78, 5) is 30.1. The summed E-state index contributed by atoms with van der Waals surface area (Å²) in [7, 11) is 1.88. The second kappa shape index (κ2) is 10.8. The zero-order valence-corrected chi connectivity index (χ0v) is 18.9. The summed E-state index contributed by atoms with van der Waals surface area (Å²) in [6.45, 7) is 5.77. The molecule has 0 saturated heterocycles. The Hall–Kier alpha value is -2.04. The van der Waals surface area contributed by atoms with E-state index in [1.165, 1.54) is 0 Å². The standard InChI is InChI=1S/C25H38N2O3/c1-19(2)18-24(28)27-17-11-5-4-10-16-26(3)25(29)20-12-6-8-14-22(20)30-23-15-9-7-13-21(23)27/h6,8,12,14,19,21,23H,4-5,7,9-11,13,15-18H2,1-3H3/t21-,23+/m1/s1. The van der Waals surface area contributed by atoms with Crippen LogP contribution < -0.4 is 4.74 Å². The number of benzene rings is 1. The van der Waals surface area contributed by atoms with Gasteiger partial charge in [0.2, 0.25) is 5.91 Å². The van der Waals surface area contributed by atoms with Crippen LogP contribution in [0.15, 0.2) is 24.3 Å². The van der Waals surface area contributed by atoms with Gasteiger partial charge >= 0.3 is 0 Å². The molecule has 2 amide bonds. The summed E-state index contributed by atoms with van der Waals surface area (Å²) in [5, 5.41) is 0. The molecular formula is C25H38N2O3. The van der Waals surface area contributed by atoms with Crippen LogP contribution in [0.25, 0.3) is 0 Å². The van der Waals surface area contributed by atoms with E-state index in [-0.39, 0.29) is 24.0 Å². The zero-order chi connectivity index (χ0) is 21.5. The molecule has 0 unspecified atom stereocenters.